The van der Waals surface area contributed by atoms with Gasteiger partial charge in [-0.05, 0) is 40.3 Å². The van der Waals surface area contributed by atoms with Crippen LogP contribution in [0.2, 0.25) is 0 Å². The zero-order valence-electron chi connectivity index (χ0n) is 13.7. The minimum atomic E-state index is -0.606. The van der Waals surface area contributed by atoms with Crippen LogP contribution in [-0.4, -0.2) is 28.5 Å². The molecular weight excluding hydrogens is 298 g/mol. The molecule has 7 heteroatoms. The van der Waals surface area contributed by atoms with Crippen molar-refractivity contribution < 1.29 is 14.5 Å². The number of hydrogen-bond donors (Lipinski definition) is 1. The number of hydrogen-bond acceptors (Lipinski definition) is 5. The van der Waals surface area contributed by atoms with Crippen LogP contribution in [0.4, 0.5) is 5.82 Å². The van der Waals surface area contributed by atoms with Crippen LogP contribution in [0.3, 0.4) is 0 Å². The Bertz CT molecular complexity index is 591. The largest absolute Gasteiger partial charge is 0.476 e. The number of nitrogens with one attached hydrogen (secondary N) is 1. The number of rotatable bonds is 5. The molecule has 1 aromatic rings. The smallest absolute Gasteiger partial charge is 0.406 e. The molecule has 0 aromatic carbocycles. The average molecular weight is 321 g/mol. The lowest BCUT2D eigenvalue weighted by Crippen LogP contribution is -2.45. The van der Waals surface area contributed by atoms with Gasteiger partial charge in [0.2, 0.25) is 5.75 Å². The molecule has 0 radical (unpaired) electrons. The van der Waals surface area contributed by atoms with Gasteiger partial charge in [0.25, 0.3) is 5.91 Å². The van der Waals surface area contributed by atoms with Crippen LogP contribution in [-0.2, 0) is 4.79 Å². The lowest BCUT2D eigenvalue weighted by molar-refractivity contribution is -0.390. The van der Waals surface area contributed by atoms with Crippen LogP contribution in [0.1, 0.15) is 38.8 Å². The fourth-order valence-electron chi connectivity index (χ4n) is 2.95. The summed E-state index contributed by atoms with van der Waals surface area (Å²) >= 11 is 0. The van der Waals surface area contributed by atoms with E-state index in [1.807, 2.05) is 0 Å². The van der Waals surface area contributed by atoms with E-state index in [4.69, 9.17) is 4.74 Å². The number of carbonyl (C=O) groups is 1. The third kappa shape index (κ3) is 4.40. The van der Waals surface area contributed by atoms with Crippen molar-refractivity contribution in [2.75, 3.05) is 6.61 Å². The second-order valence-corrected chi connectivity index (χ2v) is 6.26. The highest BCUT2D eigenvalue weighted by molar-refractivity contribution is 5.78. The summed E-state index contributed by atoms with van der Waals surface area (Å²) in [5.74, 6) is 0.393. The number of aryl methyl sites for hydroxylation is 1. The van der Waals surface area contributed by atoms with E-state index in [0.29, 0.717) is 17.5 Å². The van der Waals surface area contributed by atoms with Crippen LogP contribution in [0.25, 0.3) is 0 Å². The molecule has 1 fully saturated rings. The number of carbonyl (C=O) groups excluding carboxylic acids is 1. The Hall–Kier alpha value is -2.18. The number of ether oxygens (including phenoxy) is 1. The Labute approximate surface area is 135 Å². The zero-order chi connectivity index (χ0) is 17.0. The van der Waals surface area contributed by atoms with Crippen molar-refractivity contribution in [1.82, 2.24) is 10.3 Å². The maximum absolute atomic E-state index is 12.1. The van der Waals surface area contributed by atoms with Crippen molar-refractivity contribution in [3.05, 3.63) is 27.9 Å². The Balaban J connectivity index is 1.93. The van der Waals surface area contributed by atoms with Gasteiger partial charge in [-0.25, -0.2) is 0 Å². The van der Waals surface area contributed by atoms with Gasteiger partial charge in [0.15, 0.2) is 6.61 Å². The molecule has 126 valence electrons. The Morgan fingerprint density at radius 1 is 1.43 bits per heavy atom. The number of nitrogens with zero attached hydrogens (tertiary/aromatic N) is 2. The standard InChI is InChI=1S/C16H23N3O4/c1-10-5-4-6-13(12(10)3)18-15(20)9-23-14-8-7-11(2)17-16(14)19(21)22/h7-8,10,12-13H,4-6,9H2,1-3H3,(H,18,20)/t10-,12+,13+/m1/s1. The fourth-order valence-corrected chi connectivity index (χ4v) is 2.95. The monoisotopic (exact) mass is 321 g/mol. The topological polar surface area (TPSA) is 94.4 Å². The summed E-state index contributed by atoms with van der Waals surface area (Å²) in [6.45, 7) is 5.75. The molecule has 1 aliphatic rings. The lowest BCUT2D eigenvalue weighted by Gasteiger charge is -2.34. The molecule has 23 heavy (non-hydrogen) atoms. The minimum Gasteiger partial charge on any atom is -0.476 e. The SMILES string of the molecule is Cc1ccc(OCC(=O)N[C@H]2CCC[C@@H](C)[C@@H]2C)c([N+](=O)[O-])n1. The summed E-state index contributed by atoms with van der Waals surface area (Å²) < 4.78 is 5.30. The van der Waals surface area contributed by atoms with Crippen LogP contribution in [0.5, 0.6) is 5.75 Å². The Morgan fingerprint density at radius 3 is 2.87 bits per heavy atom. The molecule has 1 heterocycles. The minimum absolute atomic E-state index is 0.0146. The number of pyridine rings is 1. The van der Waals surface area contributed by atoms with E-state index in [9.17, 15) is 14.9 Å². The van der Waals surface area contributed by atoms with E-state index in [0.717, 1.165) is 12.8 Å². The summed E-state index contributed by atoms with van der Waals surface area (Å²) in [7, 11) is 0. The predicted molar refractivity (Wildman–Crippen MR) is 85.2 cm³/mol. The summed E-state index contributed by atoms with van der Waals surface area (Å²) in [6, 6.07) is 3.23. The van der Waals surface area contributed by atoms with Gasteiger partial charge in [-0.1, -0.05) is 26.7 Å². The van der Waals surface area contributed by atoms with Gasteiger partial charge < -0.3 is 20.2 Å². The van der Waals surface area contributed by atoms with Gasteiger partial charge in [-0.2, -0.15) is 0 Å². The van der Waals surface area contributed by atoms with Gasteiger partial charge in [0, 0.05) is 13.0 Å². The van der Waals surface area contributed by atoms with E-state index in [1.54, 1.807) is 13.0 Å². The molecule has 7 nitrogen and oxygen atoms in total. The first-order chi connectivity index (χ1) is 10.9. The molecule has 2 rings (SSSR count). The van der Waals surface area contributed by atoms with Gasteiger partial charge in [-0.15, -0.1) is 0 Å². The lowest BCUT2D eigenvalue weighted by atomic mass is 9.78. The number of nitro groups is 1. The summed E-state index contributed by atoms with van der Waals surface area (Å²) in [4.78, 5) is 26.3. The van der Waals surface area contributed by atoms with Crippen molar-refractivity contribution in [2.45, 2.75) is 46.1 Å². The van der Waals surface area contributed by atoms with Gasteiger partial charge in [0.1, 0.15) is 5.69 Å². The van der Waals surface area contributed by atoms with Crippen molar-refractivity contribution >= 4 is 11.7 Å². The second kappa shape index (κ2) is 7.39. The molecule has 3 atom stereocenters. The molecule has 0 spiro atoms. The maximum atomic E-state index is 12.1. The molecular formula is C16H23N3O4. The predicted octanol–water partition coefficient (Wildman–Crippen LogP) is 2.62. The summed E-state index contributed by atoms with van der Waals surface area (Å²) in [6.07, 6.45) is 3.25. The molecule has 1 aromatic heterocycles. The highest BCUT2D eigenvalue weighted by Crippen LogP contribution is 2.29. The van der Waals surface area contributed by atoms with Crippen molar-refractivity contribution in [1.29, 1.82) is 0 Å². The molecule has 0 saturated heterocycles. The molecule has 0 aliphatic heterocycles. The highest BCUT2D eigenvalue weighted by atomic mass is 16.6. The molecule has 0 bridgehead atoms. The molecule has 1 aliphatic carbocycles. The third-order valence-corrected chi connectivity index (χ3v) is 4.56. The van der Waals surface area contributed by atoms with E-state index < -0.39 is 4.92 Å². The van der Waals surface area contributed by atoms with Crippen molar-refractivity contribution in [3.8, 4) is 5.75 Å². The molecule has 1 amide bonds. The van der Waals surface area contributed by atoms with Crippen LogP contribution in [0.15, 0.2) is 12.1 Å². The number of amides is 1. The molecule has 1 saturated carbocycles. The van der Waals surface area contributed by atoms with Gasteiger partial charge in [-0.3, -0.25) is 4.79 Å². The Kier molecular flexibility index (Phi) is 5.52. The zero-order valence-corrected chi connectivity index (χ0v) is 13.7. The summed E-state index contributed by atoms with van der Waals surface area (Å²) in [5.41, 5.74) is 0.526. The summed E-state index contributed by atoms with van der Waals surface area (Å²) in [5, 5.41) is 14.0. The first kappa shape index (κ1) is 17.2. The van der Waals surface area contributed by atoms with Crippen LogP contribution in [0, 0.1) is 28.9 Å². The van der Waals surface area contributed by atoms with Gasteiger partial charge >= 0.3 is 5.82 Å². The fraction of sp³-hybridized carbons (Fsp3) is 0.625. The maximum Gasteiger partial charge on any atom is 0.406 e. The first-order valence-corrected chi connectivity index (χ1v) is 7.92. The van der Waals surface area contributed by atoms with Crippen molar-refractivity contribution in [3.63, 3.8) is 0 Å². The quantitative estimate of drug-likeness (QED) is 0.664. The van der Waals surface area contributed by atoms with E-state index in [2.05, 4.69) is 24.1 Å². The van der Waals surface area contributed by atoms with Crippen LogP contribution >= 0.6 is 0 Å². The van der Waals surface area contributed by atoms with Crippen molar-refractivity contribution in [2.24, 2.45) is 11.8 Å². The van der Waals surface area contributed by atoms with E-state index in [-0.39, 0.29) is 30.1 Å². The van der Waals surface area contributed by atoms with Crippen LogP contribution < -0.4 is 10.1 Å². The molecule has 0 unspecified atom stereocenters. The number of aromatic nitrogens is 1. The Morgan fingerprint density at radius 2 is 2.17 bits per heavy atom. The van der Waals surface area contributed by atoms with E-state index >= 15 is 0 Å². The highest BCUT2D eigenvalue weighted by Gasteiger charge is 2.28. The molecule has 1 N–H and O–H groups in total. The van der Waals surface area contributed by atoms with E-state index in [1.165, 1.54) is 12.5 Å². The average Bonchev–Trinajstić information content (AvgIpc) is 2.50. The first-order valence-electron chi connectivity index (χ1n) is 7.92. The second-order valence-electron chi connectivity index (χ2n) is 6.26. The van der Waals surface area contributed by atoms with Gasteiger partial charge in [0.05, 0.1) is 0 Å². The third-order valence-electron chi connectivity index (χ3n) is 4.56. The normalized spacial score (nSPS) is 24.0.